The number of methoxy groups -OCH3 is 2. The summed E-state index contributed by atoms with van der Waals surface area (Å²) in [6.45, 7) is 8.70. The molecule has 0 amide bonds. The molecule has 0 N–H and O–H groups in total. The van der Waals surface area contributed by atoms with Crippen molar-refractivity contribution in [3.63, 3.8) is 0 Å². The van der Waals surface area contributed by atoms with E-state index in [1.807, 2.05) is 6.07 Å². The fourth-order valence-corrected chi connectivity index (χ4v) is 9.90. The van der Waals surface area contributed by atoms with Gasteiger partial charge in [0.05, 0.1) is 25.0 Å². The molecule has 0 radical (unpaired) electrons. The van der Waals surface area contributed by atoms with Gasteiger partial charge in [-0.3, -0.25) is 0 Å². The third-order valence-corrected chi connectivity index (χ3v) is 12.5. The van der Waals surface area contributed by atoms with Crippen LogP contribution in [0.1, 0.15) is 66.8 Å². The van der Waals surface area contributed by atoms with Gasteiger partial charge in [-0.05, 0) is 113 Å². The van der Waals surface area contributed by atoms with E-state index in [-0.39, 0.29) is 5.41 Å². The lowest BCUT2D eigenvalue weighted by Gasteiger charge is -2.35. The summed E-state index contributed by atoms with van der Waals surface area (Å²) < 4.78 is 11.3. The monoisotopic (exact) mass is 752 g/mol. The number of aryl methyl sites for hydroxylation is 4. The highest BCUT2D eigenvalue weighted by Crippen LogP contribution is 2.59. The summed E-state index contributed by atoms with van der Waals surface area (Å²) in [4.78, 5) is 0. The summed E-state index contributed by atoms with van der Waals surface area (Å²) in [6.07, 6.45) is 0. The van der Waals surface area contributed by atoms with Crippen LogP contribution in [0.5, 0.6) is 11.5 Å². The molecule has 8 aromatic carbocycles. The lowest BCUT2D eigenvalue weighted by molar-refractivity contribution is 0.405. The third kappa shape index (κ3) is 5.62. The van der Waals surface area contributed by atoms with Gasteiger partial charge in [-0.1, -0.05) is 180 Å². The predicted octanol–water partition coefficient (Wildman–Crippen LogP) is 13.4. The second-order valence-electron chi connectivity index (χ2n) is 15.8. The van der Waals surface area contributed by atoms with Gasteiger partial charge in [0.1, 0.15) is 11.5 Å². The summed E-state index contributed by atoms with van der Waals surface area (Å²) in [6, 6.07) is 66.2. The third-order valence-electron chi connectivity index (χ3n) is 12.5. The van der Waals surface area contributed by atoms with Gasteiger partial charge in [0.15, 0.2) is 0 Å². The normalized spacial score (nSPS) is 13.6. The minimum Gasteiger partial charge on any atom is -0.497 e. The molecule has 0 atom stereocenters. The number of hydrogen-bond donors (Lipinski definition) is 0. The van der Waals surface area contributed by atoms with Crippen LogP contribution in [0.15, 0.2) is 182 Å². The van der Waals surface area contributed by atoms with E-state index in [1.165, 1.54) is 89.0 Å². The molecule has 58 heavy (non-hydrogen) atoms. The average Bonchev–Trinajstić information content (AvgIpc) is 3.72. The zero-order valence-corrected chi connectivity index (χ0v) is 34.1. The van der Waals surface area contributed by atoms with E-state index in [0.29, 0.717) is 0 Å². The molecule has 2 heteroatoms. The smallest absolute Gasteiger partial charge is 0.123 e. The highest BCUT2D eigenvalue weighted by atomic mass is 16.5. The maximum atomic E-state index is 5.87. The van der Waals surface area contributed by atoms with E-state index < -0.39 is 5.41 Å². The molecular formula is C56H48O2. The van der Waals surface area contributed by atoms with Gasteiger partial charge in [-0.15, -0.1) is 0 Å². The van der Waals surface area contributed by atoms with Gasteiger partial charge >= 0.3 is 0 Å². The van der Waals surface area contributed by atoms with Crippen LogP contribution in [0.25, 0.3) is 22.3 Å². The van der Waals surface area contributed by atoms with Crippen molar-refractivity contribution >= 4 is 0 Å². The molecule has 2 nitrogen and oxygen atoms in total. The fraction of sp³-hybridized carbons (Fsp3) is 0.143. The molecule has 0 bridgehead atoms. The average molecular weight is 753 g/mol. The first-order chi connectivity index (χ1) is 28.3. The van der Waals surface area contributed by atoms with Gasteiger partial charge in [-0.25, -0.2) is 0 Å². The van der Waals surface area contributed by atoms with Crippen LogP contribution in [0.4, 0.5) is 0 Å². The number of rotatable bonds is 6. The van der Waals surface area contributed by atoms with Crippen LogP contribution in [-0.2, 0) is 10.8 Å². The molecule has 0 aromatic heterocycles. The molecule has 0 saturated heterocycles. The quantitative estimate of drug-likeness (QED) is 0.168. The molecule has 0 heterocycles. The van der Waals surface area contributed by atoms with Crippen LogP contribution in [-0.4, -0.2) is 14.2 Å². The maximum absolute atomic E-state index is 5.87. The van der Waals surface area contributed by atoms with Gasteiger partial charge in [0.2, 0.25) is 0 Å². The number of ether oxygens (including phenoxy) is 2. The molecule has 0 fully saturated rings. The number of hydrogen-bond acceptors (Lipinski definition) is 2. The van der Waals surface area contributed by atoms with Crippen molar-refractivity contribution in [2.45, 2.75) is 38.5 Å². The maximum Gasteiger partial charge on any atom is 0.123 e. The first-order valence-electron chi connectivity index (χ1n) is 20.2. The first kappa shape index (κ1) is 37.0. The van der Waals surface area contributed by atoms with E-state index in [9.17, 15) is 0 Å². The van der Waals surface area contributed by atoms with Gasteiger partial charge < -0.3 is 9.47 Å². The van der Waals surface area contributed by atoms with E-state index in [4.69, 9.17) is 9.47 Å². The number of para-hydroxylation sites is 1. The Labute approximate surface area is 343 Å². The molecule has 8 aromatic rings. The minimum absolute atomic E-state index is 0.341. The molecular weight excluding hydrogens is 705 g/mol. The van der Waals surface area contributed by atoms with Crippen LogP contribution in [0.3, 0.4) is 0 Å². The van der Waals surface area contributed by atoms with Gasteiger partial charge in [-0.2, -0.15) is 0 Å². The lowest BCUT2D eigenvalue weighted by Crippen LogP contribution is -2.30. The zero-order chi connectivity index (χ0) is 40.0. The van der Waals surface area contributed by atoms with Gasteiger partial charge in [0.25, 0.3) is 0 Å². The Kier molecular flexibility index (Phi) is 9.37. The molecule has 0 spiro atoms. The molecule has 2 aliphatic carbocycles. The topological polar surface area (TPSA) is 18.5 Å². The number of fused-ring (bicyclic) bond motifs is 6. The Bertz CT molecular complexity index is 2690. The van der Waals surface area contributed by atoms with Gasteiger partial charge in [0, 0.05) is 5.56 Å². The zero-order valence-electron chi connectivity index (χ0n) is 34.1. The van der Waals surface area contributed by atoms with E-state index in [1.54, 1.807) is 14.2 Å². The van der Waals surface area contributed by atoms with Crippen LogP contribution >= 0.6 is 0 Å². The van der Waals surface area contributed by atoms with Crippen LogP contribution < -0.4 is 9.47 Å². The highest BCUT2D eigenvalue weighted by molar-refractivity contribution is 5.88. The van der Waals surface area contributed by atoms with Crippen molar-refractivity contribution in [2.75, 3.05) is 14.2 Å². The van der Waals surface area contributed by atoms with Crippen LogP contribution in [0.2, 0.25) is 0 Å². The van der Waals surface area contributed by atoms with Crippen molar-refractivity contribution in [2.24, 2.45) is 0 Å². The second kappa shape index (κ2) is 14.7. The molecule has 0 unspecified atom stereocenters. The Morgan fingerprint density at radius 2 is 0.759 bits per heavy atom. The fourth-order valence-electron chi connectivity index (χ4n) is 9.90. The number of benzene rings is 8. The summed E-state index contributed by atoms with van der Waals surface area (Å²) >= 11 is 0. The summed E-state index contributed by atoms with van der Waals surface area (Å²) in [5.74, 6) is 1.79. The van der Waals surface area contributed by atoms with Crippen molar-refractivity contribution in [1.82, 2.24) is 0 Å². The largest absolute Gasteiger partial charge is 0.497 e. The Hall–Kier alpha value is -6.64. The van der Waals surface area contributed by atoms with Crippen molar-refractivity contribution in [3.8, 4) is 33.8 Å². The van der Waals surface area contributed by atoms with E-state index in [2.05, 4.69) is 204 Å². The molecule has 0 saturated carbocycles. The lowest BCUT2D eigenvalue weighted by atomic mass is 9.66. The molecule has 0 aliphatic heterocycles. The van der Waals surface area contributed by atoms with E-state index in [0.717, 1.165) is 11.5 Å². The Morgan fingerprint density at radius 3 is 1.28 bits per heavy atom. The first-order valence-corrected chi connectivity index (χ1v) is 20.2. The summed E-state index contributed by atoms with van der Waals surface area (Å²) in [5, 5.41) is 0. The van der Waals surface area contributed by atoms with Crippen molar-refractivity contribution in [1.29, 1.82) is 0 Å². The highest BCUT2D eigenvalue weighted by Gasteiger charge is 2.48. The second-order valence-corrected chi connectivity index (χ2v) is 15.8. The summed E-state index contributed by atoms with van der Waals surface area (Å²) in [7, 11) is 3.48. The molecule has 10 rings (SSSR count). The minimum atomic E-state index is -0.398. The van der Waals surface area contributed by atoms with E-state index >= 15 is 0 Å². The van der Waals surface area contributed by atoms with Crippen LogP contribution in [0, 0.1) is 27.7 Å². The molecule has 2 aliphatic rings. The SMILES string of the molecule is COc1ccc(C2(c3ccc(C)cc3)c3ccc(C)cc3-c3cc(C)ccc32)cc1.COc1ccccc1C1(c2ccccc2C)c2ccccc2-c2ccccc21. The van der Waals surface area contributed by atoms with Crippen molar-refractivity contribution < 1.29 is 9.47 Å². The Balaban J connectivity index is 0.000000151. The molecule has 284 valence electrons. The standard InChI is InChI=1S/C29H26O.C27H22O/c1-19-5-9-22(10-6-19)29(23-11-13-24(30-4)14-12-23)27-15-7-20(2)17-25(27)26-18-21(3)8-16-28(26)29;1-19-11-3-6-14-22(19)27(25-17-9-10-18-26(25)28-2)23-15-7-4-12-20(23)21-13-5-8-16-24(21)27/h5-18H,1-4H3;3-18H,1-2H3. The predicted molar refractivity (Wildman–Crippen MR) is 240 cm³/mol. The Morgan fingerprint density at radius 1 is 0.328 bits per heavy atom. The van der Waals surface area contributed by atoms with Crippen molar-refractivity contribution in [3.05, 3.63) is 249 Å². The summed E-state index contributed by atoms with van der Waals surface area (Å²) in [5.41, 5.74) is 20.0.